The summed E-state index contributed by atoms with van der Waals surface area (Å²) in [6.07, 6.45) is 3.41. The van der Waals surface area contributed by atoms with Gasteiger partial charge >= 0.3 is 5.97 Å². The quantitative estimate of drug-likeness (QED) is 0.296. The van der Waals surface area contributed by atoms with Crippen LogP contribution in [0.2, 0.25) is 0 Å². The fourth-order valence-corrected chi connectivity index (χ4v) is 3.96. The smallest absolute Gasteiger partial charge is 0.338 e. The van der Waals surface area contributed by atoms with Crippen molar-refractivity contribution < 1.29 is 14.3 Å². The molecule has 0 unspecified atom stereocenters. The summed E-state index contributed by atoms with van der Waals surface area (Å²) in [7, 11) is 0. The van der Waals surface area contributed by atoms with Crippen molar-refractivity contribution in [1.82, 2.24) is 19.7 Å². The molecule has 1 N–H and O–H groups in total. The highest BCUT2D eigenvalue weighted by molar-refractivity contribution is 7.99. The van der Waals surface area contributed by atoms with Gasteiger partial charge in [-0.1, -0.05) is 29.5 Å². The summed E-state index contributed by atoms with van der Waals surface area (Å²) in [5.41, 5.74) is 3.95. The molecule has 0 bridgehead atoms. The van der Waals surface area contributed by atoms with Crippen molar-refractivity contribution in [3.8, 4) is 17.1 Å². The molecule has 0 aliphatic heterocycles. The number of nitrogens with zero attached hydrogens (tertiary/aromatic N) is 4. The number of aromatic nitrogens is 4. The first kappa shape index (κ1) is 23.2. The molecule has 4 aromatic rings. The van der Waals surface area contributed by atoms with Crippen LogP contribution in [0.4, 0.5) is 5.69 Å². The summed E-state index contributed by atoms with van der Waals surface area (Å²) in [5, 5.41) is 12.2. The van der Waals surface area contributed by atoms with Crippen LogP contribution in [0.5, 0.6) is 0 Å². The van der Waals surface area contributed by atoms with Crippen LogP contribution in [0, 0.1) is 6.92 Å². The topological polar surface area (TPSA) is 99.0 Å². The summed E-state index contributed by atoms with van der Waals surface area (Å²) < 4.78 is 6.91. The van der Waals surface area contributed by atoms with Gasteiger partial charge in [-0.3, -0.25) is 14.3 Å². The van der Waals surface area contributed by atoms with Crippen LogP contribution in [0.15, 0.2) is 78.2 Å². The van der Waals surface area contributed by atoms with Crippen LogP contribution in [-0.4, -0.2) is 44.0 Å². The summed E-state index contributed by atoms with van der Waals surface area (Å²) in [6.45, 7) is 4.09. The highest BCUT2D eigenvalue weighted by Crippen LogP contribution is 2.28. The van der Waals surface area contributed by atoms with Crippen molar-refractivity contribution in [3.63, 3.8) is 0 Å². The minimum absolute atomic E-state index is 0.139. The summed E-state index contributed by atoms with van der Waals surface area (Å²) in [5.74, 6) is 0.220. The molecule has 2 heterocycles. The fraction of sp³-hybridized carbons (Fsp3) is 0.160. The molecule has 0 saturated carbocycles. The van der Waals surface area contributed by atoms with Crippen molar-refractivity contribution in [2.45, 2.75) is 19.0 Å². The summed E-state index contributed by atoms with van der Waals surface area (Å²) in [6, 6.07) is 18.4. The average Bonchev–Trinajstić information content (AvgIpc) is 3.28. The minimum atomic E-state index is -0.392. The van der Waals surface area contributed by atoms with Crippen molar-refractivity contribution in [2.24, 2.45) is 0 Å². The summed E-state index contributed by atoms with van der Waals surface area (Å²) in [4.78, 5) is 28.4. The minimum Gasteiger partial charge on any atom is -0.462 e. The van der Waals surface area contributed by atoms with Crippen LogP contribution in [0.1, 0.15) is 22.8 Å². The van der Waals surface area contributed by atoms with E-state index in [2.05, 4.69) is 20.5 Å². The Labute approximate surface area is 201 Å². The Morgan fingerprint density at radius 2 is 1.68 bits per heavy atom. The Morgan fingerprint density at radius 1 is 0.971 bits per heavy atom. The lowest BCUT2D eigenvalue weighted by Crippen LogP contribution is -2.15. The van der Waals surface area contributed by atoms with Gasteiger partial charge in [0.2, 0.25) is 5.91 Å². The van der Waals surface area contributed by atoms with E-state index in [9.17, 15) is 9.59 Å². The zero-order chi connectivity index (χ0) is 23.9. The van der Waals surface area contributed by atoms with E-state index in [1.54, 1.807) is 43.6 Å². The Hall–Kier alpha value is -3.98. The molecule has 0 spiro atoms. The zero-order valence-corrected chi connectivity index (χ0v) is 19.6. The molecule has 1 amide bonds. The van der Waals surface area contributed by atoms with Gasteiger partial charge in [-0.25, -0.2) is 4.79 Å². The number of thioether (sulfide) groups is 1. The average molecular weight is 474 g/mol. The number of ether oxygens (including phenoxy) is 1. The molecule has 0 aliphatic carbocycles. The first-order chi connectivity index (χ1) is 16.5. The number of esters is 1. The van der Waals surface area contributed by atoms with E-state index in [-0.39, 0.29) is 11.7 Å². The number of carbonyl (C=O) groups is 2. The fourth-order valence-electron chi connectivity index (χ4n) is 3.21. The van der Waals surface area contributed by atoms with Crippen LogP contribution in [0.25, 0.3) is 17.1 Å². The van der Waals surface area contributed by atoms with Gasteiger partial charge < -0.3 is 10.1 Å². The molecule has 9 heteroatoms. The molecule has 34 heavy (non-hydrogen) atoms. The van der Waals surface area contributed by atoms with Gasteiger partial charge in [-0.2, -0.15) is 0 Å². The van der Waals surface area contributed by atoms with Gasteiger partial charge in [0.25, 0.3) is 0 Å². The number of nitrogens with one attached hydrogen (secondary N) is 1. The molecule has 0 radical (unpaired) electrons. The predicted molar refractivity (Wildman–Crippen MR) is 131 cm³/mol. The summed E-state index contributed by atoms with van der Waals surface area (Å²) >= 11 is 1.29. The lowest BCUT2D eigenvalue weighted by atomic mass is 10.2. The van der Waals surface area contributed by atoms with Gasteiger partial charge in [0.05, 0.1) is 17.9 Å². The Morgan fingerprint density at radius 3 is 2.35 bits per heavy atom. The number of hydrogen-bond donors (Lipinski definition) is 1. The number of aryl methyl sites for hydroxylation is 1. The maximum Gasteiger partial charge on any atom is 0.338 e. The van der Waals surface area contributed by atoms with Crippen LogP contribution < -0.4 is 5.32 Å². The van der Waals surface area contributed by atoms with Crippen LogP contribution >= 0.6 is 11.8 Å². The van der Waals surface area contributed by atoms with E-state index in [1.807, 2.05) is 47.9 Å². The first-order valence-electron chi connectivity index (χ1n) is 10.7. The number of rotatable bonds is 8. The second-order valence-corrected chi connectivity index (χ2v) is 8.29. The molecule has 4 rings (SSSR count). The Bertz CT molecular complexity index is 1270. The van der Waals surface area contributed by atoms with Crippen LogP contribution in [0.3, 0.4) is 0 Å². The van der Waals surface area contributed by atoms with E-state index < -0.39 is 5.97 Å². The highest BCUT2D eigenvalue weighted by Gasteiger charge is 2.17. The largest absolute Gasteiger partial charge is 0.462 e. The molecule has 2 aromatic carbocycles. The molecular weight excluding hydrogens is 450 g/mol. The third-order valence-corrected chi connectivity index (χ3v) is 5.81. The number of hydrogen-bond acceptors (Lipinski definition) is 7. The van der Waals surface area contributed by atoms with Crippen molar-refractivity contribution in [1.29, 1.82) is 0 Å². The first-order valence-corrected chi connectivity index (χ1v) is 11.7. The molecule has 0 saturated heterocycles. The Kier molecular flexibility index (Phi) is 7.34. The van der Waals surface area contributed by atoms with Gasteiger partial charge in [0.15, 0.2) is 11.0 Å². The monoisotopic (exact) mass is 473 g/mol. The SMILES string of the molecule is CCOC(=O)c1ccc(NC(=O)CSc2nnc(-c3ccncc3)n2-c2ccc(C)cc2)cc1. The van der Waals surface area contributed by atoms with Gasteiger partial charge in [-0.15, -0.1) is 10.2 Å². The number of pyridine rings is 1. The normalized spacial score (nSPS) is 10.6. The van der Waals surface area contributed by atoms with E-state index in [0.29, 0.717) is 28.8 Å². The van der Waals surface area contributed by atoms with E-state index in [4.69, 9.17) is 4.74 Å². The number of anilines is 1. The number of amides is 1. The maximum atomic E-state index is 12.6. The van der Waals surface area contributed by atoms with E-state index in [1.165, 1.54) is 11.8 Å². The molecule has 0 aliphatic rings. The molecule has 0 fully saturated rings. The van der Waals surface area contributed by atoms with Crippen molar-refractivity contribution in [2.75, 3.05) is 17.7 Å². The molecular formula is C25H23N5O3S. The predicted octanol–water partition coefficient (Wildman–Crippen LogP) is 4.55. The standard InChI is InChI=1S/C25H23N5O3S/c1-3-33-24(32)19-6-8-20(9-7-19)27-22(31)16-34-25-29-28-23(18-12-14-26-15-13-18)30(25)21-10-4-17(2)5-11-21/h4-15H,3,16H2,1-2H3,(H,27,31). The maximum absolute atomic E-state index is 12.6. The lowest BCUT2D eigenvalue weighted by Gasteiger charge is -2.11. The highest BCUT2D eigenvalue weighted by atomic mass is 32.2. The van der Waals surface area contributed by atoms with Gasteiger partial charge in [0, 0.05) is 29.3 Å². The third-order valence-electron chi connectivity index (χ3n) is 4.88. The molecule has 172 valence electrons. The molecule has 2 aromatic heterocycles. The van der Waals surface area contributed by atoms with E-state index >= 15 is 0 Å². The van der Waals surface area contributed by atoms with Crippen molar-refractivity contribution >= 4 is 29.3 Å². The molecule has 0 atom stereocenters. The Balaban J connectivity index is 1.49. The second kappa shape index (κ2) is 10.8. The third kappa shape index (κ3) is 5.49. The van der Waals surface area contributed by atoms with Gasteiger partial charge in [0.1, 0.15) is 0 Å². The van der Waals surface area contributed by atoms with Crippen LogP contribution in [-0.2, 0) is 9.53 Å². The number of benzene rings is 2. The molecule has 8 nitrogen and oxygen atoms in total. The van der Waals surface area contributed by atoms with Crippen molar-refractivity contribution in [3.05, 3.63) is 84.2 Å². The second-order valence-electron chi connectivity index (χ2n) is 7.35. The zero-order valence-electron chi connectivity index (χ0n) is 18.8. The lowest BCUT2D eigenvalue weighted by molar-refractivity contribution is -0.113. The number of carbonyl (C=O) groups excluding carboxylic acids is 2. The van der Waals surface area contributed by atoms with E-state index in [0.717, 1.165) is 16.8 Å². The van der Waals surface area contributed by atoms with Gasteiger partial charge in [-0.05, 0) is 62.4 Å².